The lowest BCUT2D eigenvalue weighted by Crippen LogP contribution is -2.48. The van der Waals surface area contributed by atoms with Crippen molar-refractivity contribution >= 4 is 27.8 Å². The Bertz CT molecular complexity index is 638. The van der Waals surface area contributed by atoms with Gasteiger partial charge in [-0.3, -0.25) is 9.79 Å². The van der Waals surface area contributed by atoms with Crippen molar-refractivity contribution in [3.05, 3.63) is 34.3 Å². The summed E-state index contributed by atoms with van der Waals surface area (Å²) in [4.78, 5) is 16.4. The fourth-order valence-electron chi connectivity index (χ4n) is 2.84. The molecule has 1 amide bonds. The zero-order chi connectivity index (χ0) is 18.5. The second-order valence-corrected chi connectivity index (χ2v) is 8.14. The fourth-order valence-corrected chi connectivity index (χ4v) is 3.55. The van der Waals surface area contributed by atoms with Crippen molar-refractivity contribution in [2.24, 2.45) is 10.4 Å². The molecule has 1 aromatic rings. The number of halogens is 1. The lowest BCUT2D eigenvalue weighted by molar-refractivity contribution is -0.128. The van der Waals surface area contributed by atoms with E-state index in [0.29, 0.717) is 13.1 Å². The van der Waals surface area contributed by atoms with E-state index in [0.717, 1.165) is 17.0 Å². The van der Waals surface area contributed by atoms with Gasteiger partial charge in [-0.1, -0.05) is 34.1 Å². The number of hydrogen-bond donors (Lipinski definition) is 3. The molecule has 0 atom stereocenters. The molecule has 6 heteroatoms. The van der Waals surface area contributed by atoms with Gasteiger partial charge in [0.25, 0.3) is 0 Å². The van der Waals surface area contributed by atoms with E-state index in [1.54, 1.807) is 7.05 Å². The van der Waals surface area contributed by atoms with Crippen molar-refractivity contribution in [1.29, 1.82) is 0 Å². The Kier molecular flexibility index (Phi) is 6.49. The minimum Gasteiger partial charge on any atom is -0.356 e. The van der Waals surface area contributed by atoms with Crippen molar-refractivity contribution in [1.82, 2.24) is 16.0 Å². The number of nitrogens with one attached hydrogen (secondary N) is 3. The van der Waals surface area contributed by atoms with Crippen LogP contribution >= 0.6 is 15.9 Å². The highest BCUT2D eigenvalue weighted by atomic mass is 79.9. The van der Waals surface area contributed by atoms with Gasteiger partial charge in [0.05, 0.1) is 5.41 Å². The highest BCUT2D eigenvalue weighted by Gasteiger charge is 2.45. The minimum absolute atomic E-state index is 0.0461. The van der Waals surface area contributed by atoms with Gasteiger partial charge in [0.1, 0.15) is 0 Å². The predicted octanol–water partition coefficient (Wildman–Crippen LogP) is 2.81. The van der Waals surface area contributed by atoms with Gasteiger partial charge in [0.15, 0.2) is 5.96 Å². The van der Waals surface area contributed by atoms with Crippen LogP contribution in [0.15, 0.2) is 33.7 Å². The first-order valence-electron chi connectivity index (χ1n) is 8.82. The highest BCUT2D eigenvalue weighted by Crippen LogP contribution is 2.49. The molecule has 0 heterocycles. The third-order valence-corrected chi connectivity index (χ3v) is 5.46. The van der Waals surface area contributed by atoms with E-state index in [9.17, 15) is 4.79 Å². The highest BCUT2D eigenvalue weighted by molar-refractivity contribution is 9.10. The molecule has 0 aliphatic heterocycles. The van der Waals surface area contributed by atoms with Crippen LogP contribution in [0.2, 0.25) is 0 Å². The number of guanidine groups is 1. The van der Waals surface area contributed by atoms with Crippen LogP contribution in [0.25, 0.3) is 0 Å². The summed E-state index contributed by atoms with van der Waals surface area (Å²) in [5.74, 6) is 0.778. The van der Waals surface area contributed by atoms with Gasteiger partial charge >= 0.3 is 0 Å². The monoisotopic (exact) mass is 408 g/mol. The third-order valence-electron chi connectivity index (χ3n) is 4.77. The smallest absolute Gasteiger partial charge is 0.227 e. The molecular weight excluding hydrogens is 380 g/mol. The maximum atomic E-state index is 12.1. The molecule has 1 saturated carbocycles. The Morgan fingerprint density at radius 3 is 2.48 bits per heavy atom. The van der Waals surface area contributed by atoms with Crippen LogP contribution in [0, 0.1) is 5.41 Å². The molecule has 0 unspecified atom stereocenters. The predicted molar refractivity (Wildman–Crippen MR) is 107 cm³/mol. The van der Waals surface area contributed by atoms with Crippen molar-refractivity contribution in [3.63, 3.8) is 0 Å². The molecule has 0 aromatic heterocycles. The fraction of sp³-hybridized carbons (Fsp3) is 0.579. The largest absolute Gasteiger partial charge is 0.356 e. The van der Waals surface area contributed by atoms with Crippen LogP contribution in [0.5, 0.6) is 0 Å². The molecule has 138 valence electrons. The number of aliphatic imine (C=N–C) groups is 1. The Balaban J connectivity index is 1.91. The number of benzene rings is 1. The van der Waals surface area contributed by atoms with Gasteiger partial charge in [-0.15, -0.1) is 0 Å². The summed E-state index contributed by atoms with van der Waals surface area (Å²) in [5, 5.41) is 9.59. The number of carbonyl (C=O) groups excluding carboxylic acids is 1. The second-order valence-electron chi connectivity index (χ2n) is 7.28. The van der Waals surface area contributed by atoms with Gasteiger partial charge in [0.2, 0.25) is 5.91 Å². The van der Waals surface area contributed by atoms with Crippen molar-refractivity contribution in [2.45, 2.75) is 39.0 Å². The number of hydrogen-bond acceptors (Lipinski definition) is 2. The molecule has 1 aliphatic carbocycles. The molecule has 5 nitrogen and oxygen atoms in total. The van der Waals surface area contributed by atoms with Crippen molar-refractivity contribution in [3.8, 4) is 0 Å². The molecule has 0 bridgehead atoms. The zero-order valence-corrected chi connectivity index (χ0v) is 17.2. The van der Waals surface area contributed by atoms with Crippen LogP contribution in [-0.4, -0.2) is 38.5 Å². The van der Waals surface area contributed by atoms with Gasteiger partial charge in [0, 0.05) is 36.6 Å². The molecule has 2 rings (SSSR count). The van der Waals surface area contributed by atoms with E-state index >= 15 is 0 Å². The summed E-state index contributed by atoms with van der Waals surface area (Å²) < 4.78 is 1.16. The molecular formula is C19H29BrN4O. The summed E-state index contributed by atoms with van der Waals surface area (Å²) in [6.07, 6.45) is 2.34. The first-order chi connectivity index (χ1) is 11.8. The lowest BCUT2D eigenvalue weighted by Gasteiger charge is -2.26. The van der Waals surface area contributed by atoms with E-state index in [-0.39, 0.29) is 11.3 Å². The Labute approximate surface area is 159 Å². The van der Waals surface area contributed by atoms with Gasteiger partial charge in [-0.05, 0) is 45.2 Å². The molecule has 1 fully saturated rings. The Morgan fingerprint density at radius 2 is 1.92 bits per heavy atom. The van der Waals surface area contributed by atoms with Gasteiger partial charge < -0.3 is 16.0 Å². The molecule has 1 aliphatic rings. The molecule has 0 spiro atoms. The summed E-state index contributed by atoms with van der Waals surface area (Å²) in [7, 11) is 1.76. The lowest BCUT2D eigenvalue weighted by atomic mass is 9.92. The molecule has 3 N–H and O–H groups in total. The quantitative estimate of drug-likeness (QED) is 0.479. The van der Waals surface area contributed by atoms with E-state index in [1.807, 2.05) is 26.8 Å². The first-order valence-corrected chi connectivity index (χ1v) is 9.62. The number of nitrogens with zero attached hydrogens (tertiary/aromatic N) is 1. The maximum absolute atomic E-state index is 12.1. The molecule has 25 heavy (non-hydrogen) atoms. The van der Waals surface area contributed by atoms with E-state index in [2.05, 4.69) is 55.1 Å². The average Bonchev–Trinajstić information content (AvgIpc) is 3.36. The Morgan fingerprint density at radius 1 is 1.24 bits per heavy atom. The van der Waals surface area contributed by atoms with Crippen LogP contribution in [-0.2, 0) is 10.2 Å². The summed E-state index contributed by atoms with van der Waals surface area (Å²) in [6.45, 7) is 7.79. The molecule has 0 saturated heterocycles. The van der Waals surface area contributed by atoms with E-state index < -0.39 is 5.41 Å². The first kappa shape index (κ1) is 19.8. The summed E-state index contributed by atoms with van der Waals surface area (Å²) in [6, 6.07) is 8.41. The summed E-state index contributed by atoms with van der Waals surface area (Å²) in [5.41, 5.74) is 1.03. The summed E-state index contributed by atoms with van der Waals surface area (Å²) >= 11 is 3.67. The van der Waals surface area contributed by atoms with Crippen LogP contribution in [0.1, 0.15) is 39.2 Å². The van der Waals surface area contributed by atoms with Gasteiger partial charge in [-0.2, -0.15) is 0 Å². The van der Waals surface area contributed by atoms with Crippen LogP contribution in [0.4, 0.5) is 0 Å². The second kappa shape index (κ2) is 8.21. The van der Waals surface area contributed by atoms with Crippen molar-refractivity contribution < 1.29 is 4.79 Å². The molecule has 1 aromatic carbocycles. The zero-order valence-electron chi connectivity index (χ0n) is 15.6. The standard InChI is InChI=1S/C19H29BrN4O/c1-5-22-16(25)18(2,3)12-23-17(21-4)24-13-19(10-11-19)14-8-6-7-9-15(14)20/h6-9H,5,10-13H2,1-4H3,(H,22,25)(H2,21,23,24). The van der Waals surface area contributed by atoms with E-state index in [1.165, 1.54) is 18.4 Å². The Hall–Kier alpha value is -1.56. The third kappa shape index (κ3) is 4.97. The number of amides is 1. The number of rotatable bonds is 7. The number of carbonyl (C=O) groups is 1. The molecule has 0 radical (unpaired) electrons. The normalized spacial score (nSPS) is 16.3. The maximum Gasteiger partial charge on any atom is 0.227 e. The minimum atomic E-state index is -0.493. The van der Waals surface area contributed by atoms with Crippen LogP contribution in [0.3, 0.4) is 0 Å². The van der Waals surface area contributed by atoms with E-state index in [4.69, 9.17) is 0 Å². The van der Waals surface area contributed by atoms with Crippen molar-refractivity contribution in [2.75, 3.05) is 26.7 Å². The topological polar surface area (TPSA) is 65.5 Å². The average molecular weight is 409 g/mol. The van der Waals surface area contributed by atoms with Crippen LogP contribution < -0.4 is 16.0 Å². The SMILES string of the molecule is CCNC(=O)C(C)(C)CNC(=NC)NCC1(c2ccccc2Br)CC1. The van der Waals surface area contributed by atoms with Gasteiger partial charge in [-0.25, -0.2) is 0 Å².